The fourth-order valence-corrected chi connectivity index (χ4v) is 2.41. The van der Waals surface area contributed by atoms with Gasteiger partial charge in [0.15, 0.2) is 0 Å². The molecule has 1 aromatic rings. The normalized spacial score (nSPS) is 22.6. The lowest BCUT2D eigenvalue weighted by molar-refractivity contribution is 0.187. The first-order chi connectivity index (χ1) is 9.17. The molecule has 0 spiro atoms. The minimum atomic E-state index is -0.459. The van der Waals surface area contributed by atoms with Gasteiger partial charge in [0.1, 0.15) is 0 Å². The van der Waals surface area contributed by atoms with E-state index in [4.69, 9.17) is 5.73 Å². The molecule has 1 amide bonds. The molecule has 19 heavy (non-hydrogen) atoms. The van der Waals surface area contributed by atoms with Crippen molar-refractivity contribution in [2.24, 2.45) is 5.73 Å². The first kappa shape index (κ1) is 13.7. The molecule has 0 radical (unpaired) electrons. The second-order valence-electron chi connectivity index (χ2n) is 4.96. The number of ether oxygens (including phenoxy) is 1. The van der Waals surface area contributed by atoms with Gasteiger partial charge < -0.3 is 15.8 Å². The van der Waals surface area contributed by atoms with Gasteiger partial charge >= 0.3 is 6.09 Å². The second kappa shape index (κ2) is 6.43. The smallest absolute Gasteiger partial charge is 0.411 e. The summed E-state index contributed by atoms with van der Waals surface area (Å²) in [6.45, 7) is 0. The number of carbonyl (C=O) groups excluding carboxylic acids is 1. The predicted molar refractivity (Wildman–Crippen MR) is 76.3 cm³/mol. The van der Waals surface area contributed by atoms with E-state index in [-0.39, 0.29) is 0 Å². The number of hydrogen-bond donors (Lipinski definition) is 3. The van der Waals surface area contributed by atoms with Gasteiger partial charge in [-0.15, -0.1) is 0 Å². The highest BCUT2D eigenvalue weighted by atomic mass is 16.5. The predicted octanol–water partition coefficient (Wildman–Crippen LogP) is 2.55. The van der Waals surface area contributed by atoms with Crippen molar-refractivity contribution in [1.29, 1.82) is 0 Å². The van der Waals surface area contributed by atoms with Crippen molar-refractivity contribution in [3.05, 3.63) is 24.3 Å². The molecule has 4 N–H and O–H groups in total. The monoisotopic (exact) mass is 263 g/mol. The summed E-state index contributed by atoms with van der Waals surface area (Å²) in [6.07, 6.45) is 4.03. The Morgan fingerprint density at radius 2 is 1.95 bits per heavy atom. The molecular weight excluding hydrogens is 242 g/mol. The van der Waals surface area contributed by atoms with Crippen molar-refractivity contribution >= 4 is 17.5 Å². The van der Waals surface area contributed by atoms with Crippen molar-refractivity contribution in [2.45, 2.75) is 37.8 Å². The van der Waals surface area contributed by atoms with Crippen molar-refractivity contribution in [2.75, 3.05) is 17.7 Å². The fourth-order valence-electron chi connectivity index (χ4n) is 2.41. The van der Waals surface area contributed by atoms with Crippen LogP contribution in [-0.4, -0.2) is 25.3 Å². The number of nitrogens with two attached hydrogens (primary N) is 1. The third kappa shape index (κ3) is 4.13. The summed E-state index contributed by atoms with van der Waals surface area (Å²) in [6, 6.07) is 8.36. The lowest BCUT2D eigenvalue weighted by Gasteiger charge is -2.28. The van der Waals surface area contributed by atoms with Crippen molar-refractivity contribution in [3.63, 3.8) is 0 Å². The summed E-state index contributed by atoms with van der Waals surface area (Å²) in [5, 5.41) is 6.10. The molecule has 0 aromatic heterocycles. The molecule has 104 valence electrons. The summed E-state index contributed by atoms with van der Waals surface area (Å²) in [4.78, 5) is 11.1. The van der Waals surface area contributed by atoms with Gasteiger partial charge in [0.2, 0.25) is 0 Å². The fraction of sp³-hybridized carbons (Fsp3) is 0.500. The van der Waals surface area contributed by atoms with E-state index in [1.165, 1.54) is 13.5 Å². The quantitative estimate of drug-likeness (QED) is 0.783. The average Bonchev–Trinajstić information content (AvgIpc) is 2.41. The minimum absolute atomic E-state index is 0.312. The van der Waals surface area contributed by atoms with Crippen LogP contribution in [0.2, 0.25) is 0 Å². The molecule has 0 heterocycles. The van der Waals surface area contributed by atoms with Crippen LogP contribution >= 0.6 is 0 Å². The van der Waals surface area contributed by atoms with Crippen LogP contribution in [0.15, 0.2) is 24.3 Å². The van der Waals surface area contributed by atoms with E-state index in [9.17, 15) is 4.79 Å². The van der Waals surface area contributed by atoms with E-state index in [0.29, 0.717) is 12.1 Å². The Bertz CT molecular complexity index is 419. The van der Waals surface area contributed by atoms with Crippen LogP contribution in [0.1, 0.15) is 25.7 Å². The van der Waals surface area contributed by atoms with Crippen LogP contribution in [0.5, 0.6) is 0 Å². The molecule has 5 nitrogen and oxygen atoms in total. The molecule has 1 fully saturated rings. The lowest BCUT2D eigenvalue weighted by Crippen LogP contribution is -2.34. The maximum absolute atomic E-state index is 11.1. The van der Waals surface area contributed by atoms with Gasteiger partial charge in [-0.3, -0.25) is 5.32 Å². The van der Waals surface area contributed by atoms with Crippen LogP contribution in [0, 0.1) is 0 Å². The number of hydrogen-bond acceptors (Lipinski definition) is 4. The molecule has 1 aliphatic rings. The van der Waals surface area contributed by atoms with Crippen LogP contribution in [0.4, 0.5) is 16.2 Å². The van der Waals surface area contributed by atoms with Crippen molar-refractivity contribution < 1.29 is 9.53 Å². The molecule has 0 saturated heterocycles. The zero-order valence-corrected chi connectivity index (χ0v) is 11.2. The van der Waals surface area contributed by atoms with Gasteiger partial charge in [-0.1, -0.05) is 0 Å². The zero-order chi connectivity index (χ0) is 13.7. The largest absolute Gasteiger partial charge is 0.453 e. The van der Waals surface area contributed by atoms with Gasteiger partial charge in [-0.25, -0.2) is 4.79 Å². The first-order valence-corrected chi connectivity index (χ1v) is 6.64. The van der Waals surface area contributed by atoms with E-state index < -0.39 is 6.09 Å². The molecule has 2 atom stereocenters. The molecule has 1 saturated carbocycles. The van der Waals surface area contributed by atoms with Crippen LogP contribution < -0.4 is 16.4 Å². The Morgan fingerprint density at radius 1 is 1.26 bits per heavy atom. The van der Waals surface area contributed by atoms with Crippen molar-refractivity contribution in [1.82, 2.24) is 0 Å². The molecule has 0 bridgehead atoms. The average molecular weight is 263 g/mol. The molecule has 2 unspecified atom stereocenters. The van der Waals surface area contributed by atoms with E-state index in [0.717, 1.165) is 30.6 Å². The van der Waals surface area contributed by atoms with Gasteiger partial charge in [0.05, 0.1) is 7.11 Å². The highest BCUT2D eigenvalue weighted by Gasteiger charge is 2.18. The van der Waals surface area contributed by atoms with Gasteiger partial charge in [0.25, 0.3) is 0 Å². The SMILES string of the molecule is COC(=O)Nc1ccc(NC2CCCC(N)C2)cc1. The molecule has 1 aliphatic carbocycles. The number of carbonyl (C=O) groups is 1. The third-order valence-electron chi connectivity index (χ3n) is 3.40. The summed E-state index contributed by atoms with van der Waals surface area (Å²) in [5.41, 5.74) is 7.74. The van der Waals surface area contributed by atoms with Crippen LogP contribution in [0.3, 0.4) is 0 Å². The van der Waals surface area contributed by atoms with Gasteiger partial charge in [-0.2, -0.15) is 0 Å². The summed E-state index contributed by atoms with van der Waals surface area (Å²) in [5.74, 6) is 0. The highest BCUT2D eigenvalue weighted by molar-refractivity contribution is 5.84. The number of benzene rings is 1. The van der Waals surface area contributed by atoms with Gasteiger partial charge in [-0.05, 0) is 49.9 Å². The van der Waals surface area contributed by atoms with Crippen molar-refractivity contribution in [3.8, 4) is 0 Å². The Hall–Kier alpha value is -1.75. The van der Waals surface area contributed by atoms with Crippen LogP contribution in [0.25, 0.3) is 0 Å². The van der Waals surface area contributed by atoms with E-state index in [1.807, 2.05) is 24.3 Å². The molecule has 5 heteroatoms. The lowest BCUT2D eigenvalue weighted by atomic mass is 9.91. The number of rotatable bonds is 3. The maximum Gasteiger partial charge on any atom is 0.411 e. The summed E-state index contributed by atoms with van der Waals surface area (Å²) < 4.78 is 4.54. The Labute approximate surface area is 113 Å². The maximum atomic E-state index is 11.1. The molecule has 1 aromatic carbocycles. The molecular formula is C14H21N3O2. The molecule has 0 aliphatic heterocycles. The molecule has 2 rings (SSSR count). The standard InChI is InChI=1S/C14H21N3O2/c1-19-14(18)17-12-7-5-11(6-8-12)16-13-4-2-3-10(15)9-13/h5-8,10,13,16H,2-4,9,15H2,1H3,(H,17,18). The van der Waals surface area contributed by atoms with E-state index >= 15 is 0 Å². The topological polar surface area (TPSA) is 76.4 Å². The minimum Gasteiger partial charge on any atom is -0.453 e. The summed E-state index contributed by atoms with van der Waals surface area (Å²) in [7, 11) is 1.34. The summed E-state index contributed by atoms with van der Waals surface area (Å²) >= 11 is 0. The van der Waals surface area contributed by atoms with E-state index in [1.54, 1.807) is 0 Å². The first-order valence-electron chi connectivity index (χ1n) is 6.64. The van der Waals surface area contributed by atoms with E-state index in [2.05, 4.69) is 15.4 Å². The third-order valence-corrected chi connectivity index (χ3v) is 3.40. The number of methoxy groups -OCH3 is 1. The Morgan fingerprint density at radius 3 is 2.58 bits per heavy atom. The Balaban J connectivity index is 1.89. The number of anilines is 2. The Kier molecular flexibility index (Phi) is 4.63. The van der Waals surface area contributed by atoms with Crippen LogP contribution in [-0.2, 0) is 4.74 Å². The number of amides is 1. The highest BCUT2D eigenvalue weighted by Crippen LogP contribution is 2.22. The zero-order valence-electron chi connectivity index (χ0n) is 11.2. The number of nitrogens with one attached hydrogen (secondary N) is 2. The van der Waals surface area contributed by atoms with Gasteiger partial charge in [0, 0.05) is 23.5 Å². The second-order valence-corrected chi connectivity index (χ2v) is 4.96.